The standard InChI is InChI=1S/C24H27F3N4O2/c1-14(2)22(32)28-15-8-9-19-21(13-15)30(3)18-7-5-4-6-17(18)20-12-16(10-11-31(19)20)29-23(33)24(25,26)27/h4-9,13-14,16,20H,10-12H2,1-3H3,(H,28,32)(H,29,33)/t16-,20-/m0/s1. The van der Waals surface area contributed by atoms with Crippen LogP contribution in [0.25, 0.3) is 0 Å². The molecule has 2 aromatic rings. The molecule has 2 aliphatic heterocycles. The second kappa shape index (κ2) is 8.61. The lowest BCUT2D eigenvalue weighted by atomic mass is 9.90. The van der Waals surface area contributed by atoms with Crippen molar-refractivity contribution in [1.29, 1.82) is 0 Å². The van der Waals surface area contributed by atoms with Gasteiger partial charge >= 0.3 is 12.1 Å². The van der Waals surface area contributed by atoms with Crippen molar-refractivity contribution < 1.29 is 22.8 Å². The van der Waals surface area contributed by atoms with Gasteiger partial charge in [0.25, 0.3) is 0 Å². The van der Waals surface area contributed by atoms with Crippen molar-refractivity contribution in [3.05, 3.63) is 48.0 Å². The summed E-state index contributed by atoms with van der Waals surface area (Å²) in [5.41, 5.74) is 4.42. The predicted octanol–water partition coefficient (Wildman–Crippen LogP) is 4.75. The topological polar surface area (TPSA) is 64.7 Å². The van der Waals surface area contributed by atoms with Gasteiger partial charge in [-0.25, -0.2) is 0 Å². The molecule has 1 saturated heterocycles. The zero-order valence-electron chi connectivity index (χ0n) is 18.7. The van der Waals surface area contributed by atoms with Gasteiger partial charge in [0.2, 0.25) is 5.91 Å². The van der Waals surface area contributed by atoms with Crippen LogP contribution in [-0.2, 0) is 9.59 Å². The summed E-state index contributed by atoms with van der Waals surface area (Å²) in [4.78, 5) is 28.0. The number of fused-ring (bicyclic) bond motifs is 5. The summed E-state index contributed by atoms with van der Waals surface area (Å²) in [5.74, 6) is -2.13. The number of para-hydroxylation sites is 1. The number of nitrogens with zero attached hydrogens (tertiary/aromatic N) is 2. The number of halogens is 3. The normalized spacial score (nSPS) is 19.8. The highest BCUT2D eigenvalue weighted by molar-refractivity contribution is 5.94. The number of carbonyl (C=O) groups excluding carboxylic acids is 2. The van der Waals surface area contributed by atoms with Gasteiger partial charge in [-0.1, -0.05) is 32.0 Å². The summed E-state index contributed by atoms with van der Waals surface area (Å²) in [7, 11) is 1.94. The predicted molar refractivity (Wildman–Crippen MR) is 122 cm³/mol. The first-order valence-electron chi connectivity index (χ1n) is 11.0. The average Bonchev–Trinajstić information content (AvgIpc) is 2.87. The van der Waals surface area contributed by atoms with Gasteiger partial charge < -0.3 is 20.4 Å². The Morgan fingerprint density at radius 2 is 1.79 bits per heavy atom. The van der Waals surface area contributed by atoms with E-state index < -0.39 is 18.1 Å². The third-order valence-corrected chi connectivity index (χ3v) is 6.29. The van der Waals surface area contributed by atoms with E-state index in [0.717, 1.165) is 22.6 Å². The van der Waals surface area contributed by atoms with Crippen LogP contribution in [0.1, 0.15) is 38.3 Å². The lowest BCUT2D eigenvalue weighted by molar-refractivity contribution is -0.174. The maximum absolute atomic E-state index is 12.8. The lowest BCUT2D eigenvalue weighted by Gasteiger charge is -2.41. The Bertz CT molecular complexity index is 1070. The number of carbonyl (C=O) groups is 2. The molecule has 0 saturated carbocycles. The Labute approximate surface area is 190 Å². The molecule has 33 heavy (non-hydrogen) atoms. The second-order valence-corrected chi connectivity index (χ2v) is 8.87. The van der Waals surface area contributed by atoms with Crippen LogP contribution < -0.4 is 20.4 Å². The van der Waals surface area contributed by atoms with E-state index in [1.807, 2.05) is 68.3 Å². The third kappa shape index (κ3) is 4.49. The van der Waals surface area contributed by atoms with Crippen LogP contribution in [0.2, 0.25) is 0 Å². The fourth-order valence-corrected chi connectivity index (χ4v) is 4.55. The number of hydrogen-bond donors (Lipinski definition) is 2. The second-order valence-electron chi connectivity index (χ2n) is 8.87. The Morgan fingerprint density at radius 1 is 1.06 bits per heavy atom. The molecule has 2 atom stereocenters. The first-order chi connectivity index (χ1) is 15.6. The van der Waals surface area contributed by atoms with E-state index >= 15 is 0 Å². The lowest BCUT2D eigenvalue weighted by Crippen LogP contribution is -2.49. The first-order valence-corrected chi connectivity index (χ1v) is 11.0. The molecular formula is C24H27F3N4O2. The zero-order valence-corrected chi connectivity index (χ0v) is 18.7. The van der Waals surface area contributed by atoms with Crippen LogP contribution in [0.5, 0.6) is 0 Å². The smallest absolute Gasteiger partial charge is 0.363 e. The quantitative estimate of drug-likeness (QED) is 0.694. The van der Waals surface area contributed by atoms with Crippen molar-refractivity contribution in [3.63, 3.8) is 0 Å². The van der Waals surface area contributed by atoms with Gasteiger partial charge in [0.1, 0.15) is 0 Å². The number of piperidine rings is 1. The molecule has 2 aliphatic rings. The summed E-state index contributed by atoms with van der Waals surface area (Å²) in [6.07, 6.45) is -4.14. The highest BCUT2D eigenvalue weighted by Gasteiger charge is 2.42. The Morgan fingerprint density at radius 3 is 2.48 bits per heavy atom. The molecule has 0 aromatic heterocycles. The number of benzene rings is 2. The van der Waals surface area contributed by atoms with E-state index in [0.29, 0.717) is 25.1 Å². The Balaban J connectivity index is 1.70. The largest absolute Gasteiger partial charge is 0.471 e. The maximum Gasteiger partial charge on any atom is 0.471 e. The molecule has 0 radical (unpaired) electrons. The van der Waals surface area contributed by atoms with Gasteiger partial charge in [-0.2, -0.15) is 13.2 Å². The Kier molecular flexibility index (Phi) is 5.99. The average molecular weight is 461 g/mol. The van der Waals surface area contributed by atoms with Crippen LogP contribution in [0, 0.1) is 5.92 Å². The Hall–Kier alpha value is -3.23. The molecule has 2 aromatic carbocycles. The fraction of sp³-hybridized carbons (Fsp3) is 0.417. The summed E-state index contributed by atoms with van der Waals surface area (Å²) < 4.78 is 38.4. The molecule has 4 rings (SSSR count). The SMILES string of the molecule is CC(C)C(=O)Nc1ccc2c(c1)N(C)c1ccccc1[C@@H]1C[C@@H](NC(=O)C(F)(F)F)CCN21. The van der Waals surface area contributed by atoms with Gasteiger partial charge in [0.15, 0.2) is 0 Å². The molecular weight excluding hydrogens is 433 g/mol. The molecule has 1 fully saturated rings. The van der Waals surface area contributed by atoms with E-state index in [2.05, 4.69) is 15.5 Å². The van der Waals surface area contributed by atoms with Gasteiger partial charge in [0.05, 0.1) is 17.4 Å². The van der Waals surface area contributed by atoms with Crippen molar-refractivity contribution in [1.82, 2.24) is 5.32 Å². The van der Waals surface area contributed by atoms with Gasteiger partial charge in [-0.15, -0.1) is 0 Å². The highest BCUT2D eigenvalue weighted by Crippen LogP contribution is 2.48. The van der Waals surface area contributed by atoms with Crippen LogP contribution in [-0.4, -0.2) is 37.6 Å². The zero-order chi connectivity index (χ0) is 23.9. The number of nitrogens with one attached hydrogen (secondary N) is 2. The van der Waals surface area contributed by atoms with Gasteiger partial charge in [0, 0.05) is 36.9 Å². The molecule has 0 bridgehead atoms. The number of amides is 2. The summed E-state index contributed by atoms with van der Waals surface area (Å²) in [5, 5.41) is 5.10. The van der Waals surface area contributed by atoms with Gasteiger partial charge in [-0.3, -0.25) is 9.59 Å². The summed E-state index contributed by atoms with van der Waals surface area (Å²) >= 11 is 0. The molecule has 2 heterocycles. The van der Waals surface area contributed by atoms with Crippen LogP contribution >= 0.6 is 0 Å². The van der Waals surface area contributed by atoms with Crippen LogP contribution in [0.4, 0.5) is 35.9 Å². The molecule has 6 nitrogen and oxygen atoms in total. The number of anilines is 4. The maximum atomic E-state index is 12.8. The van der Waals surface area contributed by atoms with Crippen molar-refractivity contribution in [2.75, 3.05) is 28.7 Å². The minimum Gasteiger partial charge on any atom is -0.363 e. The van der Waals surface area contributed by atoms with Crippen molar-refractivity contribution >= 4 is 34.6 Å². The molecule has 9 heteroatoms. The first kappa shape index (κ1) is 22.9. The van der Waals surface area contributed by atoms with Crippen molar-refractivity contribution in [2.24, 2.45) is 5.92 Å². The minimum absolute atomic E-state index is 0.0780. The van der Waals surface area contributed by atoms with Crippen LogP contribution in [0.3, 0.4) is 0 Å². The van der Waals surface area contributed by atoms with E-state index in [9.17, 15) is 22.8 Å². The van der Waals surface area contributed by atoms with Gasteiger partial charge in [-0.05, 0) is 42.7 Å². The summed E-state index contributed by atoms with van der Waals surface area (Å²) in [6.45, 7) is 4.14. The van der Waals surface area contributed by atoms with Crippen molar-refractivity contribution in [3.8, 4) is 0 Å². The van der Waals surface area contributed by atoms with Crippen molar-refractivity contribution in [2.45, 2.75) is 44.9 Å². The molecule has 2 amide bonds. The number of rotatable bonds is 3. The van der Waals surface area contributed by atoms with E-state index in [1.54, 1.807) is 0 Å². The summed E-state index contributed by atoms with van der Waals surface area (Å²) in [6, 6.07) is 12.7. The van der Waals surface area contributed by atoms with E-state index in [4.69, 9.17) is 0 Å². The monoisotopic (exact) mass is 460 g/mol. The highest BCUT2D eigenvalue weighted by atomic mass is 19.4. The van der Waals surface area contributed by atoms with Crippen LogP contribution in [0.15, 0.2) is 42.5 Å². The fourth-order valence-electron chi connectivity index (χ4n) is 4.55. The molecule has 176 valence electrons. The van der Waals surface area contributed by atoms with E-state index in [-0.39, 0.29) is 17.9 Å². The molecule has 0 spiro atoms. The number of hydrogen-bond acceptors (Lipinski definition) is 4. The molecule has 0 unspecified atom stereocenters. The molecule has 2 N–H and O–H groups in total. The third-order valence-electron chi connectivity index (χ3n) is 6.29. The number of alkyl halides is 3. The minimum atomic E-state index is -4.90. The van der Waals surface area contributed by atoms with E-state index in [1.165, 1.54) is 0 Å². The molecule has 0 aliphatic carbocycles.